The zero-order valence-corrected chi connectivity index (χ0v) is 24.3. The van der Waals surface area contributed by atoms with Crippen molar-refractivity contribution in [3.63, 3.8) is 0 Å². The highest BCUT2D eigenvalue weighted by atomic mass is 16.3. The van der Waals surface area contributed by atoms with Crippen LogP contribution in [-0.2, 0) is 0 Å². The molecule has 0 saturated heterocycles. The molecular weight excluding hydrogens is 544 g/mol. The molecule has 0 spiro atoms. The third-order valence-electron chi connectivity index (χ3n) is 8.78. The fourth-order valence-electron chi connectivity index (χ4n) is 6.83. The summed E-state index contributed by atoms with van der Waals surface area (Å²) in [6, 6.07) is 48.3. The first-order valence-electron chi connectivity index (χ1n) is 17.1. The van der Waals surface area contributed by atoms with Crippen LogP contribution in [-0.4, -0.2) is 0 Å². The van der Waals surface area contributed by atoms with Crippen molar-refractivity contribution in [3.8, 4) is 44.5 Å². The van der Waals surface area contributed by atoms with Crippen molar-refractivity contribution in [1.82, 2.24) is 0 Å². The van der Waals surface area contributed by atoms with Crippen LogP contribution in [0.4, 0.5) is 0 Å². The minimum atomic E-state index is -0.248. The lowest BCUT2D eigenvalue weighted by Gasteiger charge is -2.20. The summed E-state index contributed by atoms with van der Waals surface area (Å²) in [5, 5.41) is 5.90. The van der Waals surface area contributed by atoms with E-state index in [9.17, 15) is 1.37 Å². The first kappa shape index (κ1) is 21.7. The summed E-state index contributed by atoms with van der Waals surface area (Å²) in [5.74, 6) is 0. The lowest BCUT2D eigenvalue weighted by Crippen LogP contribution is -1.93. The molecule has 8 aromatic carbocycles. The maximum Gasteiger partial charge on any atom is 0.143 e. The molecule has 0 fully saturated rings. The number of hydrogen-bond donors (Lipinski definition) is 0. The average molecular weight is 577 g/mol. The predicted molar refractivity (Wildman–Crippen MR) is 190 cm³/mol. The van der Waals surface area contributed by atoms with Crippen LogP contribution in [0.2, 0.25) is 0 Å². The van der Waals surface area contributed by atoms with Gasteiger partial charge in [0, 0.05) is 16.3 Å². The molecule has 210 valence electrons. The second-order valence-corrected chi connectivity index (χ2v) is 11.3. The van der Waals surface area contributed by atoms with Crippen molar-refractivity contribution in [2.75, 3.05) is 0 Å². The lowest BCUT2D eigenvalue weighted by atomic mass is 9.83. The van der Waals surface area contributed by atoms with E-state index in [1.165, 1.54) is 0 Å². The SMILES string of the molecule is [2H]c1c([2H])c([2H])c(-c2c3ccccc3c(-c3cc(-c4ccccc4)c4oc5ccccc5c4c3)c3ccccc23)c(-c2ccccc2)c1[2H]. The molecule has 0 aliphatic rings. The Bertz CT molecular complexity index is 2690. The normalized spacial score (nSPS) is 12.8. The fourth-order valence-corrected chi connectivity index (χ4v) is 6.83. The Morgan fingerprint density at radius 3 is 1.49 bits per heavy atom. The second-order valence-electron chi connectivity index (χ2n) is 11.3. The van der Waals surface area contributed by atoms with E-state index in [-0.39, 0.29) is 24.2 Å². The van der Waals surface area contributed by atoms with Crippen molar-refractivity contribution in [1.29, 1.82) is 0 Å². The van der Waals surface area contributed by atoms with Gasteiger partial charge in [-0.25, -0.2) is 0 Å². The molecule has 1 aromatic heterocycles. The maximum atomic E-state index is 9.30. The van der Waals surface area contributed by atoms with Gasteiger partial charge in [-0.1, -0.05) is 152 Å². The highest BCUT2D eigenvalue weighted by Gasteiger charge is 2.21. The summed E-state index contributed by atoms with van der Waals surface area (Å²) in [7, 11) is 0. The minimum absolute atomic E-state index is 0.0516. The average Bonchev–Trinajstić information content (AvgIpc) is 3.53. The number of rotatable bonds is 4. The van der Waals surface area contributed by atoms with Gasteiger partial charge in [0.05, 0.1) is 5.48 Å². The molecule has 9 rings (SSSR count). The Labute approximate surface area is 267 Å². The Balaban J connectivity index is 1.45. The Morgan fingerprint density at radius 2 is 0.867 bits per heavy atom. The predicted octanol–water partition coefficient (Wildman–Crippen LogP) is 12.6. The van der Waals surface area contributed by atoms with E-state index in [1.807, 2.05) is 91.0 Å². The topological polar surface area (TPSA) is 13.1 Å². The monoisotopic (exact) mass is 576 g/mol. The molecule has 1 heterocycles. The van der Waals surface area contributed by atoms with Crippen LogP contribution < -0.4 is 0 Å². The van der Waals surface area contributed by atoms with Crippen LogP contribution in [0.15, 0.2) is 174 Å². The summed E-state index contributed by atoms with van der Waals surface area (Å²) in [6.45, 7) is 0. The molecule has 0 aliphatic carbocycles. The number of hydrogen-bond acceptors (Lipinski definition) is 1. The summed E-state index contributed by atoms with van der Waals surface area (Å²) in [6.07, 6.45) is 0. The highest BCUT2D eigenvalue weighted by molar-refractivity contribution is 6.23. The lowest BCUT2D eigenvalue weighted by molar-refractivity contribution is 0.670. The van der Waals surface area contributed by atoms with Crippen LogP contribution >= 0.6 is 0 Å². The maximum absolute atomic E-state index is 9.30. The van der Waals surface area contributed by atoms with Gasteiger partial charge in [0.25, 0.3) is 0 Å². The van der Waals surface area contributed by atoms with Crippen LogP contribution in [0.1, 0.15) is 5.48 Å². The number of para-hydroxylation sites is 1. The first-order chi connectivity index (χ1) is 24.0. The van der Waals surface area contributed by atoms with Crippen LogP contribution in [0, 0.1) is 0 Å². The quantitative estimate of drug-likeness (QED) is 0.190. The smallest absolute Gasteiger partial charge is 0.143 e. The van der Waals surface area contributed by atoms with E-state index in [0.717, 1.165) is 76.9 Å². The molecule has 0 unspecified atom stereocenters. The summed E-state index contributed by atoms with van der Waals surface area (Å²) < 4.78 is 42.3. The minimum Gasteiger partial charge on any atom is -0.455 e. The van der Waals surface area contributed by atoms with Crippen molar-refractivity contribution < 1.29 is 9.90 Å². The van der Waals surface area contributed by atoms with Crippen molar-refractivity contribution in [2.45, 2.75) is 0 Å². The molecular formula is C44H28O. The van der Waals surface area contributed by atoms with Gasteiger partial charge in [-0.05, 0) is 78.7 Å². The molecule has 1 heteroatoms. The zero-order valence-electron chi connectivity index (χ0n) is 28.3. The first-order valence-corrected chi connectivity index (χ1v) is 15.1. The summed E-state index contributed by atoms with van der Waals surface area (Å²) in [4.78, 5) is 0. The summed E-state index contributed by atoms with van der Waals surface area (Å²) in [5.41, 5.74) is 8.36. The standard InChI is InChI=1S/C44H28O/c1-3-15-29(16-4-1)32-19-7-8-21-34(32)43-37-24-11-9-22-35(37)42(36-23-10-12-25-38(36)43)31-27-39(30-17-5-2-6-18-30)44-40(28-31)33-20-13-14-26-41(33)45-44/h1-28H/i7D,8D,19D,21D. The van der Waals surface area contributed by atoms with Crippen LogP contribution in [0.5, 0.6) is 0 Å². The molecule has 1 nitrogen and oxygen atoms in total. The van der Waals surface area contributed by atoms with E-state index in [1.54, 1.807) is 0 Å². The van der Waals surface area contributed by atoms with Gasteiger partial charge >= 0.3 is 0 Å². The number of furan rings is 1. The zero-order chi connectivity index (χ0) is 33.2. The number of fused-ring (bicyclic) bond motifs is 5. The molecule has 0 bridgehead atoms. The molecule has 0 amide bonds. The van der Waals surface area contributed by atoms with E-state index in [2.05, 4.69) is 54.6 Å². The van der Waals surface area contributed by atoms with Gasteiger partial charge in [-0.3, -0.25) is 0 Å². The Kier molecular flexibility index (Phi) is 5.00. The van der Waals surface area contributed by atoms with E-state index in [0.29, 0.717) is 11.1 Å². The third-order valence-corrected chi connectivity index (χ3v) is 8.78. The molecule has 45 heavy (non-hydrogen) atoms. The molecule has 0 aliphatic heterocycles. The van der Waals surface area contributed by atoms with Gasteiger partial charge < -0.3 is 4.42 Å². The molecule has 0 atom stereocenters. The highest BCUT2D eigenvalue weighted by Crippen LogP contribution is 2.48. The second kappa shape index (κ2) is 10.4. The van der Waals surface area contributed by atoms with Crippen molar-refractivity contribution in [2.24, 2.45) is 0 Å². The van der Waals surface area contributed by atoms with Crippen LogP contribution in [0.3, 0.4) is 0 Å². The largest absolute Gasteiger partial charge is 0.455 e. The van der Waals surface area contributed by atoms with Gasteiger partial charge in [0.2, 0.25) is 0 Å². The van der Waals surface area contributed by atoms with E-state index in [4.69, 9.17) is 8.53 Å². The van der Waals surface area contributed by atoms with E-state index < -0.39 is 0 Å². The molecule has 9 aromatic rings. The van der Waals surface area contributed by atoms with Crippen LogP contribution in [0.25, 0.3) is 88.0 Å². The van der Waals surface area contributed by atoms with Gasteiger partial charge in [-0.15, -0.1) is 0 Å². The number of benzene rings is 8. The van der Waals surface area contributed by atoms with Gasteiger partial charge in [-0.2, -0.15) is 0 Å². The van der Waals surface area contributed by atoms with Crippen molar-refractivity contribution in [3.05, 3.63) is 170 Å². The summed E-state index contributed by atoms with van der Waals surface area (Å²) >= 11 is 0. The van der Waals surface area contributed by atoms with Gasteiger partial charge in [0.1, 0.15) is 11.2 Å². The molecule has 0 N–H and O–H groups in total. The third kappa shape index (κ3) is 4.09. The Hall–Kier alpha value is -5.92. The Morgan fingerprint density at radius 1 is 0.378 bits per heavy atom. The molecule has 0 radical (unpaired) electrons. The molecule has 0 saturated carbocycles. The van der Waals surface area contributed by atoms with E-state index >= 15 is 0 Å². The van der Waals surface area contributed by atoms with Crippen molar-refractivity contribution >= 4 is 43.5 Å². The van der Waals surface area contributed by atoms with Gasteiger partial charge in [0.15, 0.2) is 0 Å². The fraction of sp³-hybridized carbons (Fsp3) is 0.